The lowest BCUT2D eigenvalue weighted by Crippen LogP contribution is -2.48. The molecule has 1 aliphatic rings. The van der Waals surface area contributed by atoms with Crippen LogP contribution in [0.3, 0.4) is 0 Å². The molecule has 1 rings (SSSR count). The van der Waals surface area contributed by atoms with Crippen LogP contribution in [0.1, 0.15) is 19.3 Å². The third-order valence-electron chi connectivity index (χ3n) is 2.62. The summed E-state index contributed by atoms with van der Waals surface area (Å²) in [6, 6.07) is 0. The topological polar surface area (TPSA) is 0 Å². The van der Waals surface area contributed by atoms with Gasteiger partial charge in [-0.3, -0.25) is 0 Å². The molecule has 0 N–H and O–H groups in total. The quantitative estimate of drug-likeness (QED) is 0.443. The van der Waals surface area contributed by atoms with Crippen molar-refractivity contribution in [2.24, 2.45) is 0 Å². The molecule has 0 unspecified atom stereocenters. The van der Waals surface area contributed by atoms with E-state index in [1.165, 1.54) is 32.4 Å². The molecule has 0 aromatic carbocycles. The molecular formula is C11H19N+. The molecule has 0 bridgehead atoms. The van der Waals surface area contributed by atoms with Gasteiger partial charge < -0.3 is 4.48 Å². The minimum absolute atomic E-state index is 1.06. The Balaban J connectivity index is 2.55. The van der Waals surface area contributed by atoms with Gasteiger partial charge in [-0.2, -0.15) is 0 Å². The van der Waals surface area contributed by atoms with Crippen LogP contribution in [-0.4, -0.2) is 24.1 Å². The van der Waals surface area contributed by atoms with E-state index in [4.69, 9.17) is 0 Å². The van der Waals surface area contributed by atoms with Crippen LogP contribution in [0.2, 0.25) is 0 Å². The number of hydrogen-bond donors (Lipinski definition) is 0. The van der Waals surface area contributed by atoms with Gasteiger partial charge in [0.15, 0.2) is 6.54 Å². The highest BCUT2D eigenvalue weighted by Crippen LogP contribution is 2.20. The second-order valence-electron chi connectivity index (χ2n) is 3.58. The van der Waals surface area contributed by atoms with Crippen molar-refractivity contribution in [3.05, 3.63) is 31.9 Å². The molecule has 67 valence electrons. The molecule has 1 radical (unpaired) electrons. The summed E-state index contributed by atoms with van der Waals surface area (Å²) >= 11 is 0. The number of quaternary nitrogens is 1. The third kappa shape index (κ3) is 2.21. The monoisotopic (exact) mass is 165 g/mol. The van der Waals surface area contributed by atoms with Gasteiger partial charge in [-0.1, -0.05) is 13.2 Å². The van der Waals surface area contributed by atoms with E-state index in [1.54, 1.807) is 0 Å². The van der Waals surface area contributed by atoms with E-state index >= 15 is 0 Å². The molecule has 0 spiro atoms. The van der Waals surface area contributed by atoms with E-state index in [0.717, 1.165) is 11.0 Å². The van der Waals surface area contributed by atoms with Crippen molar-refractivity contribution in [2.45, 2.75) is 19.3 Å². The molecule has 1 heteroatoms. The van der Waals surface area contributed by atoms with E-state index in [1.807, 2.05) is 12.2 Å². The maximum Gasteiger partial charge on any atom is 0.164 e. The highest BCUT2D eigenvalue weighted by Gasteiger charge is 2.27. The highest BCUT2D eigenvalue weighted by molar-refractivity contribution is 4.82. The minimum Gasteiger partial charge on any atom is -0.309 e. The molecule has 1 saturated heterocycles. The van der Waals surface area contributed by atoms with Crippen molar-refractivity contribution < 1.29 is 4.48 Å². The molecule has 0 amide bonds. The van der Waals surface area contributed by atoms with Gasteiger partial charge in [-0.25, -0.2) is 0 Å². The lowest BCUT2D eigenvalue weighted by molar-refractivity contribution is -0.895. The maximum absolute atomic E-state index is 3.81. The van der Waals surface area contributed by atoms with Crippen molar-refractivity contribution in [1.29, 1.82) is 0 Å². The Morgan fingerprint density at radius 1 is 1.08 bits per heavy atom. The average molecular weight is 165 g/mol. The predicted molar refractivity (Wildman–Crippen MR) is 53.4 cm³/mol. The average Bonchev–Trinajstić information content (AvgIpc) is 2.07. The fourth-order valence-electron chi connectivity index (χ4n) is 2.02. The zero-order valence-corrected chi connectivity index (χ0v) is 7.84. The molecule has 1 aliphatic heterocycles. The minimum atomic E-state index is 1.06. The molecule has 12 heavy (non-hydrogen) atoms. The fourth-order valence-corrected chi connectivity index (χ4v) is 2.02. The van der Waals surface area contributed by atoms with Crippen LogP contribution < -0.4 is 0 Å². The Hall–Kier alpha value is -0.560. The molecule has 0 aromatic rings. The summed E-state index contributed by atoms with van der Waals surface area (Å²) in [6.07, 6.45) is 8.03. The first-order valence-corrected chi connectivity index (χ1v) is 4.76. The van der Waals surface area contributed by atoms with Crippen LogP contribution in [0.25, 0.3) is 0 Å². The lowest BCUT2D eigenvalue weighted by Gasteiger charge is -2.39. The van der Waals surface area contributed by atoms with Gasteiger partial charge in [0.25, 0.3) is 0 Å². The van der Waals surface area contributed by atoms with Crippen molar-refractivity contribution in [3.63, 3.8) is 0 Å². The first-order valence-electron chi connectivity index (χ1n) is 4.76. The van der Waals surface area contributed by atoms with Gasteiger partial charge in [0.05, 0.1) is 19.6 Å². The van der Waals surface area contributed by atoms with Crippen LogP contribution in [-0.2, 0) is 0 Å². The van der Waals surface area contributed by atoms with Crippen molar-refractivity contribution in [3.8, 4) is 0 Å². The maximum atomic E-state index is 3.81. The van der Waals surface area contributed by atoms with Crippen molar-refractivity contribution in [1.82, 2.24) is 0 Å². The first-order chi connectivity index (χ1) is 5.83. The zero-order valence-electron chi connectivity index (χ0n) is 7.84. The number of nitrogens with zero attached hydrogens (tertiary/aromatic N) is 1. The Bertz CT molecular complexity index is 142. The van der Waals surface area contributed by atoms with Gasteiger partial charge in [-0.05, 0) is 31.4 Å². The van der Waals surface area contributed by atoms with Crippen LogP contribution in [0.15, 0.2) is 25.3 Å². The van der Waals surface area contributed by atoms with Gasteiger partial charge in [-0.15, -0.1) is 0 Å². The molecule has 1 fully saturated rings. The van der Waals surface area contributed by atoms with Crippen LogP contribution in [0, 0.1) is 6.54 Å². The SMILES string of the molecule is C=C[CH][N+]1(CC=C)CCCCC1. The zero-order chi connectivity index (χ0) is 8.86. The summed E-state index contributed by atoms with van der Waals surface area (Å²) in [5.74, 6) is 0. The summed E-state index contributed by atoms with van der Waals surface area (Å²) < 4.78 is 1.08. The molecular weight excluding hydrogens is 146 g/mol. The second-order valence-corrected chi connectivity index (χ2v) is 3.58. The van der Waals surface area contributed by atoms with Gasteiger partial charge in [0, 0.05) is 0 Å². The second kappa shape index (κ2) is 4.46. The van der Waals surface area contributed by atoms with Gasteiger partial charge >= 0.3 is 0 Å². The van der Waals surface area contributed by atoms with E-state index in [-0.39, 0.29) is 0 Å². The molecule has 1 heterocycles. The molecule has 0 aliphatic carbocycles. The Labute approximate surface area is 76.0 Å². The predicted octanol–water partition coefficient (Wildman–Crippen LogP) is 2.52. The first kappa shape index (κ1) is 9.53. The number of piperidine rings is 1. The van der Waals surface area contributed by atoms with Crippen LogP contribution >= 0.6 is 0 Å². The third-order valence-corrected chi connectivity index (χ3v) is 2.62. The largest absolute Gasteiger partial charge is 0.309 e. The highest BCUT2D eigenvalue weighted by atomic mass is 15.3. The normalized spacial score (nSPS) is 21.7. The lowest BCUT2D eigenvalue weighted by atomic mass is 10.1. The molecule has 0 saturated carbocycles. The summed E-state index contributed by atoms with van der Waals surface area (Å²) in [7, 11) is 0. The standard InChI is InChI=1S/C11H19N/c1-3-8-12(9-4-2)10-6-5-7-11-12/h3-4,8H,1-2,5-7,9-11H2/q+1. The van der Waals surface area contributed by atoms with Crippen LogP contribution in [0.5, 0.6) is 0 Å². The molecule has 0 aromatic heterocycles. The molecule has 0 atom stereocenters. The smallest absolute Gasteiger partial charge is 0.164 e. The number of hydrogen-bond acceptors (Lipinski definition) is 0. The van der Waals surface area contributed by atoms with Crippen LogP contribution in [0.4, 0.5) is 0 Å². The molecule has 1 nitrogen and oxygen atoms in total. The van der Waals surface area contributed by atoms with E-state index in [2.05, 4.69) is 19.7 Å². The van der Waals surface area contributed by atoms with E-state index in [9.17, 15) is 0 Å². The van der Waals surface area contributed by atoms with E-state index in [0.29, 0.717) is 0 Å². The summed E-state index contributed by atoms with van der Waals surface area (Å²) in [5.41, 5.74) is 0. The summed E-state index contributed by atoms with van der Waals surface area (Å²) in [5, 5.41) is 0. The van der Waals surface area contributed by atoms with Gasteiger partial charge in [0.2, 0.25) is 0 Å². The summed E-state index contributed by atoms with van der Waals surface area (Å²) in [6.45, 7) is 13.4. The van der Waals surface area contributed by atoms with Crippen molar-refractivity contribution in [2.75, 3.05) is 19.6 Å². The Kier molecular flexibility index (Phi) is 3.54. The fraction of sp³-hybridized carbons (Fsp3) is 0.545. The number of rotatable bonds is 4. The van der Waals surface area contributed by atoms with Crippen molar-refractivity contribution >= 4 is 0 Å². The Morgan fingerprint density at radius 2 is 1.75 bits per heavy atom. The van der Waals surface area contributed by atoms with Gasteiger partial charge in [0.1, 0.15) is 0 Å². The van der Waals surface area contributed by atoms with E-state index < -0.39 is 0 Å². The number of likely N-dealkylation sites (tertiary alicyclic amines) is 1. The Morgan fingerprint density at radius 3 is 2.25 bits per heavy atom. The summed E-state index contributed by atoms with van der Waals surface area (Å²) in [4.78, 5) is 0.